The minimum Gasteiger partial charge on any atom is -0.491 e. The molecule has 0 aliphatic carbocycles. The number of nitrogens with one attached hydrogen (secondary N) is 1. The molecule has 0 saturated heterocycles. The Morgan fingerprint density at radius 1 is 1.10 bits per heavy atom. The van der Waals surface area contributed by atoms with Crippen LogP contribution >= 0.6 is 0 Å². The van der Waals surface area contributed by atoms with Gasteiger partial charge < -0.3 is 10.1 Å². The molecule has 1 heterocycles. The number of para-hydroxylation sites is 1. The van der Waals surface area contributed by atoms with Crippen molar-refractivity contribution in [2.45, 2.75) is 40.0 Å². The fourth-order valence-corrected chi connectivity index (χ4v) is 2.05. The van der Waals surface area contributed by atoms with Gasteiger partial charge in [-0.05, 0) is 44.0 Å². The Morgan fingerprint density at radius 2 is 1.85 bits per heavy atom. The summed E-state index contributed by atoms with van der Waals surface area (Å²) in [5.41, 5.74) is 3.68. The summed E-state index contributed by atoms with van der Waals surface area (Å²) < 4.78 is 5.82. The van der Waals surface area contributed by atoms with Crippen molar-refractivity contribution in [2.75, 3.05) is 0 Å². The Balaban J connectivity index is 1.96. The van der Waals surface area contributed by atoms with Gasteiger partial charge in [-0.15, -0.1) is 0 Å². The SMILES string of the molecule is Cc1cnccc1CNCc1ccccc1OC(C)C. The lowest BCUT2D eigenvalue weighted by Gasteiger charge is -2.15. The molecule has 0 fully saturated rings. The molecular weight excluding hydrogens is 248 g/mol. The highest BCUT2D eigenvalue weighted by Crippen LogP contribution is 2.19. The lowest BCUT2D eigenvalue weighted by Crippen LogP contribution is -2.15. The molecule has 0 aliphatic rings. The lowest BCUT2D eigenvalue weighted by molar-refractivity contribution is 0.239. The molecule has 0 spiro atoms. The highest BCUT2D eigenvalue weighted by atomic mass is 16.5. The number of hydrogen-bond acceptors (Lipinski definition) is 3. The van der Waals surface area contributed by atoms with Crippen LogP contribution in [0.5, 0.6) is 5.75 Å². The quantitative estimate of drug-likeness (QED) is 0.872. The van der Waals surface area contributed by atoms with Crippen LogP contribution in [-0.4, -0.2) is 11.1 Å². The molecule has 0 aliphatic heterocycles. The van der Waals surface area contributed by atoms with Crippen LogP contribution < -0.4 is 10.1 Å². The number of benzene rings is 1. The Morgan fingerprint density at radius 3 is 2.60 bits per heavy atom. The van der Waals surface area contributed by atoms with Gasteiger partial charge in [-0.1, -0.05) is 18.2 Å². The smallest absolute Gasteiger partial charge is 0.124 e. The van der Waals surface area contributed by atoms with E-state index in [4.69, 9.17) is 4.74 Å². The van der Waals surface area contributed by atoms with E-state index in [0.29, 0.717) is 0 Å². The first-order valence-corrected chi connectivity index (χ1v) is 7.01. The van der Waals surface area contributed by atoms with Crippen LogP contribution in [0.25, 0.3) is 0 Å². The van der Waals surface area contributed by atoms with Crippen LogP contribution in [0.15, 0.2) is 42.7 Å². The molecule has 1 aromatic heterocycles. The van der Waals surface area contributed by atoms with Crippen molar-refractivity contribution in [3.8, 4) is 5.75 Å². The first kappa shape index (κ1) is 14.5. The molecule has 3 heteroatoms. The third kappa shape index (κ3) is 4.07. The van der Waals surface area contributed by atoms with Crippen LogP contribution in [0.4, 0.5) is 0 Å². The van der Waals surface area contributed by atoms with Gasteiger partial charge in [-0.3, -0.25) is 4.98 Å². The summed E-state index contributed by atoms with van der Waals surface area (Å²) in [5, 5.41) is 3.46. The van der Waals surface area contributed by atoms with Crippen LogP contribution in [0, 0.1) is 6.92 Å². The Bertz CT molecular complexity index is 552. The molecule has 2 rings (SSSR count). The van der Waals surface area contributed by atoms with Crippen molar-refractivity contribution in [1.29, 1.82) is 0 Å². The van der Waals surface area contributed by atoms with Gasteiger partial charge in [0, 0.05) is 31.0 Å². The van der Waals surface area contributed by atoms with E-state index in [1.54, 1.807) is 0 Å². The van der Waals surface area contributed by atoms with E-state index in [2.05, 4.69) is 29.4 Å². The van der Waals surface area contributed by atoms with Crippen LogP contribution in [0.1, 0.15) is 30.5 Å². The topological polar surface area (TPSA) is 34.2 Å². The van der Waals surface area contributed by atoms with Gasteiger partial charge in [0.15, 0.2) is 0 Å². The van der Waals surface area contributed by atoms with Gasteiger partial charge >= 0.3 is 0 Å². The zero-order valence-corrected chi connectivity index (χ0v) is 12.4. The largest absolute Gasteiger partial charge is 0.491 e. The standard InChI is InChI=1S/C17H22N2O/c1-13(2)20-17-7-5-4-6-16(17)12-19-11-15-8-9-18-10-14(15)3/h4-10,13,19H,11-12H2,1-3H3. The molecule has 1 aromatic carbocycles. The maximum absolute atomic E-state index is 5.82. The zero-order chi connectivity index (χ0) is 14.4. The van der Waals surface area contributed by atoms with E-state index in [1.165, 1.54) is 16.7 Å². The molecule has 2 aromatic rings. The molecule has 0 bridgehead atoms. The molecule has 1 N–H and O–H groups in total. The third-order valence-electron chi connectivity index (χ3n) is 3.10. The summed E-state index contributed by atoms with van der Waals surface area (Å²) in [6.45, 7) is 7.81. The average Bonchev–Trinajstić information content (AvgIpc) is 2.42. The second kappa shape index (κ2) is 7.06. The van der Waals surface area contributed by atoms with E-state index < -0.39 is 0 Å². The molecule has 0 unspecified atom stereocenters. The summed E-state index contributed by atoms with van der Waals surface area (Å²) >= 11 is 0. The van der Waals surface area contributed by atoms with E-state index in [0.717, 1.165) is 18.8 Å². The highest BCUT2D eigenvalue weighted by Gasteiger charge is 2.05. The number of aryl methyl sites for hydroxylation is 1. The summed E-state index contributed by atoms with van der Waals surface area (Å²) in [6, 6.07) is 10.2. The summed E-state index contributed by atoms with van der Waals surface area (Å²) in [4.78, 5) is 4.11. The predicted octanol–water partition coefficient (Wildman–Crippen LogP) is 3.47. The van der Waals surface area contributed by atoms with Gasteiger partial charge in [0.05, 0.1) is 6.10 Å². The minimum atomic E-state index is 0.193. The number of ether oxygens (including phenoxy) is 1. The van der Waals surface area contributed by atoms with Crippen molar-refractivity contribution in [1.82, 2.24) is 10.3 Å². The average molecular weight is 270 g/mol. The lowest BCUT2D eigenvalue weighted by atomic mass is 10.1. The first-order chi connectivity index (χ1) is 9.66. The maximum atomic E-state index is 5.82. The molecule has 0 saturated carbocycles. The van der Waals surface area contributed by atoms with Crippen LogP contribution in [0.3, 0.4) is 0 Å². The van der Waals surface area contributed by atoms with Crippen molar-refractivity contribution >= 4 is 0 Å². The molecule has 0 radical (unpaired) electrons. The Kier molecular flexibility index (Phi) is 5.13. The van der Waals surface area contributed by atoms with Gasteiger partial charge in [0.25, 0.3) is 0 Å². The van der Waals surface area contributed by atoms with E-state index in [1.807, 2.05) is 44.4 Å². The van der Waals surface area contributed by atoms with Crippen molar-refractivity contribution in [3.63, 3.8) is 0 Å². The fraction of sp³-hybridized carbons (Fsp3) is 0.353. The van der Waals surface area contributed by atoms with Crippen LogP contribution in [0.2, 0.25) is 0 Å². The zero-order valence-electron chi connectivity index (χ0n) is 12.4. The molecule has 20 heavy (non-hydrogen) atoms. The van der Waals surface area contributed by atoms with E-state index in [-0.39, 0.29) is 6.10 Å². The summed E-state index contributed by atoms with van der Waals surface area (Å²) in [5.74, 6) is 0.960. The van der Waals surface area contributed by atoms with Gasteiger partial charge in [-0.2, -0.15) is 0 Å². The van der Waals surface area contributed by atoms with E-state index in [9.17, 15) is 0 Å². The van der Waals surface area contributed by atoms with E-state index >= 15 is 0 Å². The monoisotopic (exact) mass is 270 g/mol. The fourth-order valence-electron chi connectivity index (χ4n) is 2.05. The van der Waals surface area contributed by atoms with Gasteiger partial charge in [0.1, 0.15) is 5.75 Å². The molecule has 0 atom stereocenters. The number of rotatable bonds is 6. The first-order valence-electron chi connectivity index (χ1n) is 7.01. The maximum Gasteiger partial charge on any atom is 0.124 e. The van der Waals surface area contributed by atoms with Crippen molar-refractivity contribution < 1.29 is 4.74 Å². The summed E-state index contributed by atoms with van der Waals surface area (Å²) in [7, 11) is 0. The normalized spacial score (nSPS) is 10.8. The van der Waals surface area contributed by atoms with Crippen LogP contribution in [-0.2, 0) is 13.1 Å². The second-order valence-electron chi connectivity index (χ2n) is 5.18. The number of aromatic nitrogens is 1. The Hall–Kier alpha value is -1.87. The third-order valence-corrected chi connectivity index (χ3v) is 3.10. The minimum absolute atomic E-state index is 0.193. The van der Waals surface area contributed by atoms with Crippen molar-refractivity contribution in [3.05, 3.63) is 59.4 Å². The molecule has 106 valence electrons. The number of hydrogen-bond donors (Lipinski definition) is 1. The predicted molar refractivity (Wildman–Crippen MR) is 81.7 cm³/mol. The molecular formula is C17H22N2O. The number of pyridine rings is 1. The van der Waals surface area contributed by atoms with Gasteiger partial charge in [-0.25, -0.2) is 0 Å². The van der Waals surface area contributed by atoms with Crippen molar-refractivity contribution in [2.24, 2.45) is 0 Å². The summed E-state index contributed by atoms with van der Waals surface area (Å²) in [6.07, 6.45) is 3.92. The highest BCUT2D eigenvalue weighted by molar-refractivity contribution is 5.33. The molecule has 3 nitrogen and oxygen atoms in total. The second-order valence-corrected chi connectivity index (χ2v) is 5.18. The molecule has 0 amide bonds. The van der Waals surface area contributed by atoms with Gasteiger partial charge in [0.2, 0.25) is 0 Å². The number of nitrogens with zero attached hydrogens (tertiary/aromatic N) is 1. The Labute approximate surface area is 121 Å².